The predicted molar refractivity (Wildman–Crippen MR) is 73.1 cm³/mol. The molecule has 19 heavy (non-hydrogen) atoms. The standard InChI is InChI=1S/C12H11IO6/c1-6(14)17-9-4-10(18-7(2)15)12(13)11(5-9)19-8(3)16/h4-5H,1-3H3. The molecular formula is C12H11IO6. The average Bonchev–Trinajstić information content (AvgIpc) is 2.22. The quantitative estimate of drug-likeness (QED) is 0.455. The Morgan fingerprint density at radius 3 is 1.53 bits per heavy atom. The largest absolute Gasteiger partial charge is 0.426 e. The van der Waals surface area contributed by atoms with Gasteiger partial charge in [0.25, 0.3) is 0 Å². The summed E-state index contributed by atoms with van der Waals surface area (Å²) in [4.78, 5) is 32.9. The van der Waals surface area contributed by atoms with Crippen molar-refractivity contribution in [3.05, 3.63) is 15.7 Å². The van der Waals surface area contributed by atoms with Crippen LogP contribution < -0.4 is 14.2 Å². The van der Waals surface area contributed by atoms with Crippen LogP contribution >= 0.6 is 22.6 Å². The van der Waals surface area contributed by atoms with Crippen molar-refractivity contribution in [3.8, 4) is 17.2 Å². The van der Waals surface area contributed by atoms with Crippen LogP contribution in [0.25, 0.3) is 0 Å². The van der Waals surface area contributed by atoms with Gasteiger partial charge in [-0.3, -0.25) is 14.4 Å². The maximum absolute atomic E-state index is 11.0. The molecule has 0 amide bonds. The summed E-state index contributed by atoms with van der Waals surface area (Å²) in [7, 11) is 0. The molecule has 0 heterocycles. The Morgan fingerprint density at radius 1 is 0.842 bits per heavy atom. The molecule has 1 aromatic rings. The average molecular weight is 378 g/mol. The lowest BCUT2D eigenvalue weighted by molar-refractivity contribution is -0.132. The monoisotopic (exact) mass is 378 g/mol. The molecule has 0 fully saturated rings. The van der Waals surface area contributed by atoms with Crippen molar-refractivity contribution in [3.63, 3.8) is 0 Å². The maximum atomic E-state index is 11.0. The van der Waals surface area contributed by atoms with Crippen LogP contribution in [0.2, 0.25) is 0 Å². The zero-order valence-corrected chi connectivity index (χ0v) is 12.6. The second-order valence-corrected chi connectivity index (χ2v) is 4.59. The summed E-state index contributed by atoms with van der Waals surface area (Å²) >= 11 is 1.86. The third-order valence-electron chi connectivity index (χ3n) is 1.75. The SMILES string of the molecule is CC(=O)Oc1cc(OC(C)=O)c(I)c(OC(C)=O)c1. The minimum atomic E-state index is -0.538. The van der Waals surface area contributed by atoms with E-state index >= 15 is 0 Å². The van der Waals surface area contributed by atoms with E-state index < -0.39 is 17.9 Å². The number of ether oxygens (including phenoxy) is 3. The number of hydrogen-bond donors (Lipinski definition) is 0. The molecule has 6 nitrogen and oxygen atoms in total. The number of hydrogen-bond acceptors (Lipinski definition) is 6. The van der Waals surface area contributed by atoms with Gasteiger partial charge in [-0.15, -0.1) is 0 Å². The third-order valence-corrected chi connectivity index (χ3v) is 2.81. The van der Waals surface area contributed by atoms with E-state index in [-0.39, 0.29) is 17.2 Å². The lowest BCUT2D eigenvalue weighted by Crippen LogP contribution is -2.08. The number of esters is 3. The first-order chi connectivity index (χ1) is 8.79. The number of carbonyl (C=O) groups is 3. The third kappa shape index (κ3) is 4.86. The topological polar surface area (TPSA) is 78.9 Å². The van der Waals surface area contributed by atoms with E-state index in [4.69, 9.17) is 14.2 Å². The minimum absolute atomic E-state index is 0.125. The summed E-state index contributed by atoms with van der Waals surface area (Å²) < 4.78 is 15.2. The van der Waals surface area contributed by atoms with Gasteiger partial charge in [-0.05, 0) is 22.6 Å². The first-order valence-corrected chi connectivity index (χ1v) is 6.26. The highest BCUT2D eigenvalue weighted by Crippen LogP contribution is 2.35. The molecule has 0 unspecified atom stereocenters. The van der Waals surface area contributed by atoms with Gasteiger partial charge in [0.15, 0.2) is 11.5 Å². The molecule has 0 radical (unpaired) electrons. The summed E-state index contributed by atoms with van der Waals surface area (Å²) in [6.45, 7) is 3.70. The predicted octanol–water partition coefficient (Wildman–Crippen LogP) is 2.07. The molecule has 0 spiro atoms. The Labute approximate surface area is 123 Å². The molecule has 0 saturated carbocycles. The van der Waals surface area contributed by atoms with Crippen LogP contribution in [0.15, 0.2) is 12.1 Å². The Hall–Kier alpha value is -1.64. The second-order valence-electron chi connectivity index (χ2n) is 3.51. The molecule has 1 aromatic carbocycles. The van der Waals surface area contributed by atoms with Crippen molar-refractivity contribution in [2.45, 2.75) is 20.8 Å². The molecule has 0 aliphatic heterocycles. The first-order valence-electron chi connectivity index (χ1n) is 5.18. The summed E-state index contributed by atoms with van der Waals surface area (Å²) in [5, 5.41) is 0. The van der Waals surface area contributed by atoms with Crippen LogP contribution in [0, 0.1) is 3.57 Å². The van der Waals surface area contributed by atoms with E-state index in [0.717, 1.165) is 0 Å². The molecule has 0 N–H and O–H groups in total. The molecule has 0 bridgehead atoms. The van der Waals surface area contributed by atoms with Gasteiger partial charge in [0.2, 0.25) is 0 Å². The van der Waals surface area contributed by atoms with E-state index in [0.29, 0.717) is 3.57 Å². The summed E-state index contributed by atoms with van der Waals surface area (Å²) in [5.74, 6) is -1.17. The van der Waals surface area contributed by atoms with E-state index in [9.17, 15) is 14.4 Å². The van der Waals surface area contributed by atoms with E-state index in [1.54, 1.807) is 0 Å². The molecule has 0 aliphatic rings. The zero-order valence-electron chi connectivity index (χ0n) is 10.5. The fraction of sp³-hybridized carbons (Fsp3) is 0.250. The van der Waals surface area contributed by atoms with Crippen molar-refractivity contribution in [1.29, 1.82) is 0 Å². The fourth-order valence-electron chi connectivity index (χ4n) is 1.23. The normalized spacial score (nSPS) is 9.68. The smallest absolute Gasteiger partial charge is 0.308 e. The molecule has 1 rings (SSSR count). The first kappa shape index (κ1) is 15.4. The molecule has 0 aliphatic carbocycles. The van der Waals surface area contributed by atoms with Gasteiger partial charge in [-0.2, -0.15) is 0 Å². The second kappa shape index (κ2) is 6.50. The Bertz CT molecular complexity index is 500. The summed E-state index contributed by atoms with van der Waals surface area (Å²) in [6.07, 6.45) is 0. The highest BCUT2D eigenvalue weighted by Gasteiger charge is 2.16. The Balaban J connectivity index is 3.24. The summed E-state index contributed by atoms with van der Waals surface area (Å²) in [6, 6.07) is 2.75. The van der Waals surface area contributed by atoms with Gasteiger partial charge in [0.05, 0.1) is 3.57 Å². The van der Waals surface area contributed by atoms with Crippen molar-refractivity contribution in [1.82, 2.24) is 0 Å². The summed E-state index contributed by atoms with van der Waals surface area (Å²) in [5.41, 5.74) is 0. The van der Waals surface area contributed by atoms with Crippen LogP contribution in [0.5, 0.6) is 17.2 Å². The molecule has 0 aromatic heterocycles. The van der Waals surface area contributed by atoms with Crippen LogP contribution in [0.1, 0.15) is 20.8 Å². The van der Waals surface area contributed by atoms with Crippen molar-refractivity contribution >= 4 is 40.5 Å². The van der Waals surface area contributed by atoms with Gasteiger partial charge in [-0.25, -0.2) is 0 Å². The van der Waals surface area contributed by atoms with Gasteiger partial charge in [0, 0.05) is 32.9 Å². The van der Waals surface area contributed by atoms with E-state index in [1.807, 2.05) is 22.6 Å². The zero-order chi connectivity index (χ0) is 14.6. The maximum Gasteiger partial charge on any atom is 0.308 e. The van der Waals surface area contributed by atoms with Crippen LogP contribution in [0.3, 0.4) is 0 Å². The van der Waals surface area contributed by atoms with E-state index in [1.165, 1.54) is 32.9 Å². The lowest BCUT2D eigenvalue weighted by atomic mass is 10.3. The number of benzene rings is 1. The number of rotatable bonds is 3. The molecule has 7 heteroatoms. The Morgan fingerprint density at radius 2 is 1.21 bits per heavy atom. The van der Waals surface area contributed by atoms with Crippen molar-refractivity contribution in [2.75, 3.05) is 0 Å². The fourth-order valence-corrected chi connectivity index (χ4v) is 1.76. The van der Waals surface area contributed by atoms with Gasteiger partial charge >= 0.3 is 17.9 Å². The highest BCUT2D eigenvalue weighted by atomic mass is 127. The Kier molecular flexibility index (Phi) is 5.28. The van der Waals surface area contributed by atoms with Crippen LogP contribution in [-0.2, 0) is 14.4 Å². The van der Waals surface area contributed by atoms with Gasteiger partial charge < -0.3 is 14.2 Å². The molecular weight excluding hydrogens is 367 g/mol. The minimum Gasteiger partial charge on any atom is -0.426 e. The highest BCUT2D eigenvalue weighted by molar-refractivity contribution is 14.1. The number of carbonyl (C=O) groups excluding carboxylic acids is 3. The van der Waals surface area contributed by atoms with Crippen LogP contribution in [0.4, 0.5) is 0 Å². The molecule has 0 atom stereocenters. The van der Waals surface area contributed by atoms with E-state index in [2.05, 4.69) is 0 Å². The van der Waals surface area contributed by atoms with Crippen molar-refractivity contribution in [2.24, 2.45) is 0 Å². The van der Waals surface area contributed by atoms with Gasteiger partial charge in [0.1, 0.15) is 5.75 Å². The molecule has 0 saturated heterocycles. The van der Waals surface area contributed by atoms with Gasteiger partial charge in [-0.1, -0.05) is 0 Å². The molecule has 102 valence electrons. The van der Waals surface area contributed by atoms with Crippen molar-refractivity contribution < 1.29 is 28.6 Å². The lowest BCUT2D eigenvalue weighted by Gasteiger charge is -2.11. The number of halogens is 1. The van der Waals surface area contributed by atoms with Crippen LogP contribution in [-0.4, -0.2) is 17.9 Å².